The van der Waals surface area contributed by atoms with E-state index < -0.39 is 5.97 Å². The Hall–Kier alpha value is -3.21. The molecular formula is C23H23NO4. The van der Waals surface area contributed by atoms with Gasteiger partial charge in [-0.2, -0.15) is 0 Å². The van der Waals surface area contributed by atoms with Crippen molar-refractivity contribution in [2.75, 3.05) is 6.61 Å². The summed E-state index contributed by atoms with van der Waals surface area (Å²) in [4.78, 5) is 28.9. The Balaban J connectivity index is 1.64. The molecule has 1 heterocycles. The minimum atomic E-state index is -0.673. The van der Waals surface area contributed by atoms with E-state index in [9.17, 15) is 9.59 Å². The van der Waals surface area contributed by atoms with Gasteiger partial charge in [-0.25, -0.2) is 9.78 Å². The number of esters is 1. The van der Waals surface area contributed by atoms with E-state index in [0.29, 0.717) is 23.1 Å². The fourth-order valence-corrected chi connectivity index (χ4v) is 2.81. The number of hydrogen-bond acceptors (Lipinski definition) is 5. The Labute approximate surface area is 164 Å². The number of ketones is 1. The van der Waals surface area contributed by atoms with Gasteiger partial charge in [0.1, 0.15) is 5.76 Å². The van der Waals surface area contributed by atoms with Gasteiger partial charge in [-0.3, -0.25) is 4.79 Å². The van der Waals surface area contributed by atoms with Crippen LogP contribution in [0.2, 0.25) is 0 Å². The van der Waals surface area contributed by atoms with Crippen molar-refractivity contribution < 1.29 is 18.7 Å². The van der Waals surface area contributed by atoms with E-state index >= 15 is 0 Å². The zero-order valence-electron chi connectivity index (χ0n) is 16.3. The third-order valence-corrected chi connectivity index (χ3v) is 4.76. The van der Waals surface area contributed by atoms with E-state index in [0.717, 1.165) is 12.0 Å². The van der Waals surface area contributed by atoms with Gasteiger partial charge < -0.3 is 9.15 Å². The van der Waals surface area contributed by atoms with Crippen LogP contribution in [-0.2, 0) is 4.74 Å². The molecule has 0 aliphatic carbocycles. The van der Waals surface area contributed by atoms with Crippen LogP contribution in [0.25, 0.3) is 11.5 Å². The molecule has 0 aliphatic rings. The number of carbonyl (C=O) groups excluding carboxylic acids is 2. The van der Waals surface area contributed by atoms with Crippen LogP contribution < -0.4 is 0 Å². The number of hydrogen-bond donors (Lipinski definition) is 0. The molecular weight excluding hydrogens is 354 g/mol. The van der Waals surface area contributed by atoms with Crippen molar-refractivity contribution in [2.24, 2.45) is 0 Å². The summed E-state index contributed by atoms with van der Waals surface area (Å²) in [5.74, 6) is 0.212. The molecule has 144 valence electrons. The largest absolute Gasteiger partial charge is 0.452 e. The SMILES string of the molecule is CC[C@H](C)c1ccc(C(=O)COC(=O)c2nc(-c3ccccc3)oc2C)cc1. The number of carbonyl (C=O) groups is 2. The second-order valence-corrected chi connectivity index (χ2v) is 6.72. The maximum Gasteiger partial charge on any atom is 0.361 e. The van der Waals surface area contributed by atoms with E-state index in [4.69, 9.17) is 9.15 Å². The molecule has 1 atom stereocenters. The van der Waals surface area contributed by atoms with Crippen LogP contribution in [0.4, 0.5) is 0 Å². The lowest BCUT2D eigenvalue weighted by Gasteiger charge is -2.09. The quantitative estimate of drug-likeness (QED) is 0.418. The van der Waals surface area contributed by atoms with Crippen molar-refractivity contribution >= 4 is 11.8 Å². The average Bonchev–Trinajstić information content (AvgIpc) is 3.13. The van der Waals surface area contributed by atoms with Crippen molar-refractivity contribution in [2.45, 2.75) is 33.1 Å². The van der Waals surface area contributed by atoms with Gasteiger partial charge in [0.25, 0.3) is 0 Å². The van der Waals surface area contributed by atoms with Crippen molar-refractivity contribution in [1.29, 1.82) is 0 Å². The van der Waals surface area contributed by atoms with Gasteiger partial charge in [0.2, 0.25) is 5.89 Å². The minimum absolute atomic E-state index is 0.0822. The lowest BCUT2D eigenvalue weighted by atomic mass is 9.97. The first kappa shape index (κ1) is 19.5. The molecule has 0 spiro atoms. The summed E-state index contributed by atoms with van der Waals surface area (Å²) in [6.45, 7) is 5.57. The zero-order valence-corrected chi connectivity index (χ0v) is 16.3. The van der Waals surface area contributed by atoms with Crippen LogP contribution in [0.3, 0.4) is 0 Å². The molecule has 3 aromatic rings. The molecule has 0 aliphatic heterocycles. The number of oxazole rings is 1. The lowest BCUT2D eigenvalue weighted by molar-refractivity contribution is 0.0468. The first-order chi connectivity index (χ1) is 13.5. The van der Waals surface area contributed by atoms with E-state index in [1.165, 1.54) is 5.56 Å². The molecule has 0 saturated heterocycles. The highest BCUT2D eigenvalue weighted by atomic mass is 16.5. The Morgan fingerprint density at radius 2 is 1.75 bits per heavy atom. The summed E-state index contributed by atoms with van der Waals surface area (Å²) < 4.78 is 10.7. The van der Waals surface area contributed by atoms with Crippen LogP contribution in [0.1, 0.15) is 58.4 Å². The second kappa shape index (κ2) is 8.65. The molecule has 0 unspecified atom stereocenters. The van der Waals surface area contributed by atoms with Crippen LogP contribution in [-0.4, -0.2) is 23.3 Å². The Morgan fingerprint density at radius 1 is 1.07 bits per heavy atom. The number of benzene rings is 2. The zero-order chi connectivity index (χ0) is 20.1. The number of ether oxygens (including phenoxy) is 1. The molecule has 0 fully saturated rings. The van der Waals surface area contributed by atoms with Crippen LogP contribution in [0, 0.1) is 6.92 Å². The molecule has 5 heteroatoms. The summed E-state index contributed by atoms with van der Waals surface area (Å²) >= 11 is 0. The minimum Gasteiger partial charge on any atom is -0.452 e. The Bertz CT molecular complexity index is 958. The van der Waals surface area contributed by atoms with Crippen molar-refractivity contribution in [3.63, 3.8) is 0 Å². The predicted molar refractivity (Wildman–Crippen MR) is 106 cm³/mol. The molecule has 1 aromatic heterocycles. The van der Waals surface area contributed by atoms with Gasteiger partial charge in [0.15, 0.2) is 18.1 Å². The average molecular weight is 377 g/mol. The maximum absolute atomic E-state index is 12.3. The van der Waals surface area contributed by atoms with Crippen molar-refractivity contribution in [3.8, 4) is 11.5 Å². The summed E-state index contributed by atoms with van der Waals surface area (Å²) in [5, 5.41) is 0. The summed E-state index contributed by atoms with van der Waals surface area (Å²) in [5.41, 5.74) is 2.55. The first-order valence-corrected chi connectivity index (χ1v) is 9.32. The molecule has 0 bridgehead atoms. The van der Waals surface area contributed by atoms with Crippen LogP contribution >= 0.6 is 0 Å². The number of Topliss-reactive ketones (excluding diaryl/α,β-unsaturated/α-hetero) is 1. The van der Waals surface area contributed by atoms with Gasteiger partial charge >= 0.3 is 5.97 Å². The third-order valence-electron chi connectivity index (χ3n) is 4.76. The molecule has 3 rings (SSSR count). The summed E-state index contributed by atoms with van der Waals surface area (Å²) in [6.07, 6.45) is 1.03. The number of aromatic nitrogens is 1. The van der Waals surface area contributed by atoms with E-state index in [1.54, 1.807) is 19.1 Å². The molecule has 28 heavy (non-hydrogen) atoms. The standard InChI is InChI=1S/C23H23NO4/c1-4-15(2)17-10-12-18(13-11-17)20(25)14-27-23(26)21-16(3)28-22(24-21)19-8-6-5-7-9-19/h5-13,15H,4,14H2,1-3H3/t15-/m0/s1. The monoisotopic (exact) mass is 377 g/mol. The predicted octanol–water partition coefficient (Wildman–Crippen LogP) is 5.20. The van der Waals surface area contributed by atoms with Gasteiger partial charge in [-0.1, -0.05) is 56.3 Å². The lowest BCUT2D eigenvalue weighted by Crippen LogP contribution is -2.15. The number of aryl methyl sites for hydroxylation is 1. The van der Waals surface area contributed by atoms with Gasteiger partial charge in [0, 0.05) is 11.1 Å². The second-order valence-electron chi connectivity index (χ2n) is 6.72. The maximum atomic E-state index is 12.3. The van der Waals surface area contributed by atoms with Crippen molar-refractivity contribution in [3.05, 3.63) is 77.2 Å². The Morgan fingerprint density at radius 3 is 2.39 bits per heavy atom. The fraction of sp³-hybridized carbons (Fsp3) is 0.261. The van der Waals surface area contributed by atoms with Crippen LogP contribution in [0.15, 0.2) is 59.0 Å². The summed E-state index contributed by atoms with van der Waals surface area (Å²) in [6, 6.07) is 16.7. The van der Waals surface area contributed by atoms with Gasteiger partial charge in [0.05, 0.1) is 0 Å². The van der Waals surface area contributed by atoms with Gasteiger partial charge in [-0.05, 0) is 37.0 Å². The smallest absolute Gasteiger partial charge is 0.361 e. The topological polar surface area (TPSA) is 69.4 Å². The highest BCUT2D eigenvalue weighted by molar-refractivity contribution is 5.99. The Kier molecular flexibility index (Phi) is 6.04. The van der Waals surface area contributed by atoms with Crippen LogP contribution in [0.5, 0.6) is 0 Å². The van der Waals surface area contributed by atoms with E-state index in [-0.39, 0.29) is 18.1 Å². The normalized spacial score (nSPS) is 11.8. The van der Waals surface area contributed by atoms with E-state index in [1.807, 2.05) is 42.5 Å². The molecule has 0 radical (unpaired) electrons. The molecule has 2 aromatic carbocycles. The fourth-order valence-electron chi connectivity index (χ4n) is 2.81. The van der Waals surface area contributed by atoms with Gasteiger partial charge in [-0.15, -0.1) is 0 Å². The highest BCUT2D eigenvalue weighted by Gasteiger charge is 2.20. The third kappa shape index (κ3) is 4.36. The first-order valence-electron chi connectivity index (χ1n) is 9.32. The van der Waals surface area contributed by atoms with Crippen molar-refractivity contribution in [1.82, 2.24) is 4.98 Å². The number of nitrogens with zero attached hydrogens (tertiary/aromatic N) is 1. The highest BCUT2D eigenvalue weighted by Crippen LogP contribution is 2.22. The molecule has 0 saturated carbocycles. The molecule has 0 amide bonds. The summed E-state index contributed by atoms with van der Waals surface area (Å²) in [7, 11) is 0. The number of rotatable bonds is 7. The molecule has 5 nitrogen and oxygen atoms in total. The molecule has 0 N–H and O–H groups in total. The van der Waals surface area contributed by atoms with E-state index in [2.05, 4.69) is 18.8 Å².